The summed E-state index contributed by atoms with van der Waals surface area (Å²) < 4.78 is 2.14. The lowest BCUT2D eigenvalue weighted by Crippen LogP contribution is -2.25. The molecule has 3 aromatic carbocycles. The highest BCUT2D eigenvalue weighted by Crippen LogP contribution is 2.31. The molecule has 5 aromatic rings. The second-order valence-electron chi connectivity index (χ2n) is 12.2. The minimum absolute atomic E-state index is 0.508. The van der Waals surface area contributed by atoms with Crippen molar-refractivity contribution in [2.24, 2.45) is 9.98 Å². The van der Waals surface area contributed by atoms with E-state index < -0.39 is 0 Å². The van der Waals surface area contributed by atoms with Crippen LogP contribution in [0.5, 0.6) is 0 Å². The van der Waals surface area contributed by atoms with Gasteiger partial charge in [-0.3, -0.25) is 9.98 Å². The lowest BCUT2D eigenvalue weighted by molar-refractivity contribution is 0.302. The Hall–Kier alpha value is -4.46. The van der Waals surface area contributed by atoms with Crippen LogP contribution in [0.15, 0.2) is 101 Å². The second-order valence-corrected chi connectivity index (χ2v) is 12.2. The molecule has 0 N–H and O–H groups in total. The van der Waals surface area contributed by atoms with Gasteiger partial charge >= 0.3 is 0 Å². The maximum Gasteiger partial charge on any atom is 0.162 e. The average molecular weight is 600 g/mol. The number of rotatable bonds is 13. The maximum absolute atomic E-state index is 5.11. The molecule has 0 aliphatic heterocycles. The van der Waals surface area contributed by atoms with Crippen molar-refractivity contribution in [2.45, 2.75) is 38.8 Å². The molecule has 0 aliphatic rings. The van der Waals surface area contributed by atoms with Gasteiger partial charge < -0.3 is 14.4 Å². The molecule has 0 amide bonds. The van der Waals surface area contributed by atoms with Crippen molar-refractivity contribution < 1.29 is 0 Å². The molecule has 2 atom stereocenters. The third-order valence-electron chi connectivity index (χ3n) is 8.53. The summed E-state index contributed by atoms with van der Waals surface area (Å²) in [7, 11) is 8.43. The largest absolute Gasteiger partial charge is 0.307 e. The van der Waals surface area contributed by atoms with Crippen LogP contribution in [0.3, 0.4) is 0 Å². The van der Waals surface area contributed by atoms with Crippen LogP contribution in [-0.2, 0) is 0 Å². The summed E-state index contributed by atoms with van der Waals surface area (Å²) in [6.45, 7) is 6.07. The molecule has 0 aliphatic carbocycles. The van der Waals surface area contributed by atoms with Gasteiger partial charge in [0.05, 0.1) is 5.69 Å². The van der Waals surface area contributed by atoms with Gasteiger partial charge in [-0.1, -0.05) is 66.7 Å². The summed E-state index contributed by atoms with van der Waals surface area (Å²) in [4.78, 5) is 23.9. The van der Waals surface area contributed by atoms with Crippen molar-refractivity contribution in [1.29, 1.82) is 0 Å². The number of hydrogen-bond donors (Lipinski definition) is 0. The molecular formula is C38H45N7. The van der Waals surface area contributed by atoms with Gasteiger partial charge in [-0.05, 0) is 84.2 Å². The van der Waals surface area contributed by atoms with Gasteiger partial charge in [-0.15, -0.1) is 0 Å². The quantitative estimate of drug-likeness (QED) is 0.134. The normalized spacial score (nSPS) is 13.5. The van der Waals surface area contributed by atoms with Gasteiger partial charge in [0, 0.05) is 66.0 Å². The van der Waals surface area contributed by atoms with Gasteiger partial charge in [0.25, 0.3) is 0 Å². The van der Waals surface area contributed by atoms with E-state index in [0.29, 0.717) is 17.9 Å². The van der Waals surface area contributed by atoms with Gasteiger partial charge in [-0.25, -0.2) is 9.97 Å². The Kier molecular flexibility index (Phi) is 10.7. The van der Waals surface area contributed by atoms with Gasteiger partial charge in [0.2, 0.25) is 0 Å². The molecule has 0 saturated carbocycles. The third kappa shape index (κ3) is 8.18. The first-order chi connectivity index (χ1) is 21.8. The van der Waals surface area contributed by atoms with Crippen molar-refractivity contribution in [2.75, 3.05) is 41.3 Å². The zero-order chi connectivity index (χ0) is 31.8. The molecule has 2 aromatic heterocycles. The first-order valence-electron chi connectivity index (χ1n) is 15.8. The minimum Gasteiger partial charge on any atom is -0.307 e. The summed E-state index contributed by atoms with van der Waals surface area (Å²) in [5, 5.41) is 1.02. The van der Waals surface area contributed by atoms with Gasteiger partial charge in [-0.2, -0.15) is 0 Å². The number of aliphatic imine (C=N–C) groups is 2. The Morgan fingerprint density at radius 1 is 0.667 bits per heavy atom. The monoisotopic (exact) mass is 599 g/mol. The molecule has 0 bridgehead atoms. The standard InChI is InChI=1S/C38H45N7/c1-28(43(3)4)20-23-39-26-30-12-16-33(17-13-30)37-41-36(32-10-8-7-9-11-32)35-22-25-45(38(35)42-37)34-18-14-31(15-19-34)27-40-24-21-29(2)44(5)6/h7-19,22,25-29H,20-21,23-24H2,1-6H3. The van der Waals surface area contributed by atoms with E-state index in [9.17, 15) is 0 Å². The Labute approximate surface area is 268 Å². The van der Waals surface area contributed by atoms with E-state index >= 15 is 0 Å². The zero-order valence-electron chi connectivity index (χ0n) is 27.4. The molecule has 0 radical (unpaired) electrons. The fraction of sp³-hybridized carbons (Fsp3) is 0.316. The van der Waals surface area contributed by atoms with Crippen LogP contribution in [0.2, 0.25) is 0 Å². The Bertz CT molecular complexity index is 1720. The van der Waals surface area contributed by atoms with Crippen molar-refractivity contribution in [1.82, 2.24) is 24.3 Å². The predicted octanol–water partition coefficient (Wildman–Crippen LogP) is 7.27. The van der Waals surface area contributed by atoms with E-state index in [2.05, 4.69) is 151 Å². The fourth-order valence-corrected chi connectivity index (χ4v) is 4.99. The van der Waals surface area contributed by atoms with E-state index in [0.717, 1.165) is 70.6 Å². The molecule has 45 heavy (non-hydrogen) atoms. The second kappa shape index (κ2) is 15.0. The summed E-state index contributed by atoms with van der Waals surface area (Å²) in [6.07, 6.45) is 8.07. The van der Waals surface area contributed by atoms with E-state index in [-0.39, 0.29) is 0 Å². The number of benzene rings is 3. The molecule has 7 heteroatoms. The number of nitrogens with zero attached hydrogens (tertiary/aromatic N) is 7. The van der Waals surface area contributed by atoms with Crippen LogP contribution in [-0.4, -0.2) is 90.1 Å². The van der Waals surface area contributed by atoms with E-state index in [1.54, 1.807) is 0 Å². The molecule has 5 rings (SSSR count). The molecule has 0 saturated heterocycles. The molecule has 2 unspecified atom stereocenters. The topological polar surface area (TPSA) is 61.9 Å². The van der Waals surface area contributed by atoms with E-state index in [1.165, 1.54) is 0 Å². The SMILES string of the molecule is CC(CCN=Cc1ccc(-c2nc(-c3ccccc3)c3ccn(-c4ccc(C=NCCC(C)N(C)C)cc4)c3n2)cc1)N(C)C. The molecule has 7 nitrogen and oxygen atoms in total. The summed E-state index contributed by atoms with van der Waals surface area (Å²) in [6, 6.07) is 30.3. The van der Waals surface area contributed by atoms with E-state index in [4.69, 9.17) is 9.97 Å². The first-order valence-corrected chi connectivity index (χ1v) is 15.8. The molecule has 0 spiro atoms. The highest BCUT2D eigenvalue weighted by molar-refractivity contribution is 5.93. The van der Waals surface area contributed by atoms with Crippen molar-refractivity contribution in [3.8, 4) is 28.3 Å². The molecule has 0 fully saturated rings. The first kappa shape index (κ1) is 31.9. The molecular weight excluding hydrogens is 554 g/mol. The van der Waals surface area contributed by atoms with Gasteiger partial charge in [0.15, 0.2) is 5.82 Å². The summed E-state index contributed by atoms with van der Waals surface area (Å²) >= 11 is 0. The van der Waals surface area contributed by atoms with E-state index in [1.807, 2.05) is 18.5 Å². The van der Waals surface area contributed by atoms with Crippen LogP contribution >= 0.6 is 0 Å². The number of aromatic nitrogens is 3. The van der Waals surface area contributed by atoms with Crippen LogP contribution in [0, 0.1) is 0 Å². The number of fused-ring (bicyclic) bond motifs is 1. The third-order valence-corrected chi connectivity index (χ3v) is 8.53. The maximum atomic E-state index is 5.11. The van der Waals surface area contributed by atoms with Crippen molar-refractivity contribution in [3.05, 3.63) is 102 Å². The van der Waals surface area contributed by atoms with Crippen LogP contribution in [0.4, 0.5) is 0 Å². The Balaban J connectivity index is 1.42. The smallest absolute Gasteiger partial charge is 0.162 e. The predicted molar refractivity (Wildman–Crippen MR) is 190 cm³/mol. The van der Waals surface area contributed by atoms with Gasteiger partial charge in [0.1, 0.15) is 5.65 Å². The lowest BCUT2D eigenvalue weighted by atomic mass is 10.1. The molecule has 232 valence electrons. The van der Waals surface area contributed by atoms with Crippen LogP contribution in [0.25, 0.3) is 39.4 Å². The van der Waals surface area contributed by atoms with Crippen LogP contribution < -0.4 is 0 Å². The van der Waals surface area contributed by atoms with Crippen molar-refractivity contribution in [3.63, 3.8) is 0 Å². The summed E-state index contributed by atoms with van der Waals surface area (Å²) in [5.74, 6) is 0.695. The Morgan fingerprint density at radius 2 is 1.22 bits per heavy atom. The minimum atomic E-state index is 0.508. The zero-order valence-corrected chi connectivity index (χ0v) is 27.4. The average Bonchev–Trinajstić information content (AvgIpc) is 3.49. The van der Waals surface area contributed by atoms with Crippen LogP contribution in [0.1, 0.15) is 37.8 Å². The van der Waals surface area contributed by atoms with Crippen molar-refractivity contribution >= 4 is 23.5 Å². The molecule has 2 heterocycles. The Morgan fingerprint density at radius 3 is 1.78 bits per heavy atom. The summed E-state index contributed by atoms with van der Waals surface area (Å²) in [5.41, 5.74) is 7.03. The fourth-order valence-electron chi connectivity index (χ4n) is 4.99. The number of hydrogen-bond acceptors (Lipinski definition) is 6. The highest BCUT2D eigenvalue weighted by Gasteiger charge is 2.15. The lowest BCUT2D eigenvalue weighted by Gasteiger charge is -2.18. The highest BCUT2D eigenvalue weighted by atomic mass is 15.1.